The molecule has 0 amide bonds. The lowest BCUT2D eigenvalue weighted by molar-refractivity contribution is 0.0477. The Hall–Kier alpha value is -2.21. The SMILES string of the molecule is CCOC(=O)c1cn(Cc2ccccc2)c(SC)c1C(=O)OCC. The highest BCUT2D eigenvalue weighted by Gasteiger charge is 2.27. The van der Waals surface area contributed by atoms with E-state index in [2.05, 4.69) is 0 Å². The van der Waals surface area contributed by atoms with Crippen LogP contribution in [0.15, 0.2) is 41.6 Å². The highest BCUT2D eigenvalue weighted by Crippen LogP contribution is 2.28. The molecule has 0 aliphatic heterocycles. The predicted octanol–water partition coefficient (Wildman–Crippen LogP) is 3.61. The van der Waals surface area contributed by atoms with Crippen LogP contribution in [0.1, 0.15) is 40.1 Å². The summed E-state index contributed by atoms with van der Waals surface area (Å²) in [4.78, 5) is 24.6. The number of esters is 2. The molecule has 0 bridgehead atoms. The molecule has 1 aromatic carbocycles. The number of carbonyl (C=O) groups excluding carboxylic acids is 2. The predicted molar refractivity (Wildman–Crippen MR) is 93.7 cm³/mol. The van der Waals surface area contributed by atoms with Crippen molar-refractivity contribution in [2.45, 2.75) is 25.4 Å². The fourth-order valence-corrected chi connectivity index (χ4v) is 3.17. The second-order valence-electron chi connectivity index (χ2n) is 4.98. The van der Waals surface area contributed by atoms with Crippen LogP contribution in [-0.2, 0) is 16.0 Å². The largest absolute Gasteiger partial charge is 0.462 e. The molecule has 5 nitrogen and oxygen atoms in total. The number of rotatable bonds is 7. The molecular formula is C18H21NO4S. The molecule has 0 saturated heterocycles. The molecule has 0 radical (unpaired) electrons. The van der Waals surface area contributed by atoms with E-state index in [0.29, 0.717) is 11.6 Å². The Morgan fingerprint density at radius 2 is 1.67 bits per heavy atom. The van der Waals surface area contributed by atoms with Crippen LogP contribution in [0.25, 0.3) is 0 Å². The Labute approximate surface area is 146 Å². The fourth-order valence-electron chi connectivity index (χ4n) is 2.42. The molecule has 6 heteroatoms. The Kier molecular flexibility index (Phi) is 6.49. The Balaban J connectivity index is 2.49. The lowest BCUT2D eigenvalue weighted by Crippen LogP contribution is -2.12. The summed E-state index contributed by atoms with van der Waals surface area (Å²) >= 11 is 1.41. The molecule has 0 aliphatic carbocycles. The van der Waals surface area contributed by atoms with E-state index in [1.54, 1.807) is 20.0 Å². The summed E-state index contributed by atoms with van der Waals surface area (Å²) < 4.78 is 12.1. The second-order valence-corrected chi connectivity index (χ2v) is 5.78. The average molecular weight is 347 g/mol. The monoisotopic (exact) mass is 347 g/mol. The molecule has 0 saturated carbocycles. The van der Waals surface area contributed by atoms with E-state index >= 15 is 0 Å². The van der Waals surface area contributed by atoms with E-state index < -0.39 is 11.9 Å². The molecule has 2 aromatic rings. The molecule has 0 unspecified atom stereocenters. The third-order valence-corrected chi connectivity index (χ3v) is 4.22. The third kappa shape index (κ3) is 4.00. The Bertz CT molecular complexity index is 709. The summed E-state index contributed by atoms with van der Waals surface area (Å²) in [5.41, 5.74) is 1.60. The van der Waals surface area contributed by atoms with Crippen LogP contribution >= 0.6 is 11.8 Å². The van der Waals surface area contributed by atoms with E-state index in [0.717, 1.165) is 5.56 Å². The van der Waals surface area contributed by atoms with E-state index in [1.165, 1.54) is 11.8 Å². The van der Waals surface area contributed by atoms with Gasteiger partial charge >= 0.3 is 11.9 Å². The number of carbonyl (C=O) groups is 2. The standard InChI is InChI=1S/C18H21NO4S/c1-4-22-17(20)14-12-19(11-13-9-7-6-8-10-13)16(24-3)15(14)18(21)23-5-2/h6-10,12H,4-5,11H2,1-3H3. The van der Waals surface area contributed by atoms with Gasteiger partial charge < -0.3 is 14.0 Å². The maximum absolute atomic E-state index is 12.4. The number of ether oxygens (including phenoxy) is 2. The molecule has 0 spiro atoms. The van der Waals surface area contributed by atoms with Gasteiger partial charge in [0.2, 0.25) is 0 Å². The van der Waals surface area contributed by atoms with Crippen LogP contribution in [0.4, 0.5) is 0 Å². The van der Waals surface area contributed by atoms with E-state index in [4.69, 9.17) is 9.47 Å². The van der Waals surface area contributed by atoms with Crippen molar-refractivity contribution in [3.63, 3.8) is 0 Å². The van der Waals surface area contributed by atoms with Crippen LogP contribution in [0.5, 0.6) is 0 Å². The van der Waals surface area contributed by atoms with Gasteiger partial charge in [0.15, 0.2) is 0 Å². The van der Waals surface area contributed by atoms with Crippen LogP contribution in [0.2, 0.25) is 0 Å². The van der Waals surface area contributed by atoms with E-state index in [9.17, 15) is 9.59 Å². The van der Waals surface area contributed by atoms with Crippen molar-refractivity contribution in [3.8, 4) is 0 Å². The summed E-state index contributed by atoms with van der Waals surface area (Å²) in [6, 6.07) is 9.85. The molecule has 24 heavy (non-hydrogen) atoms. The molecule has 0 aliphatic rings. The number of hydrogen-bond acceptors (Lipinski definition) is 5. The minimum absolute atomic E-state index is 0.246. The highest BCUT2D eigenvalue weighted by atomic mass is 32.2. The van der Waals surface area contributed by atoms with Gasteiger partial charge in [0.05, 0.1) is 23.8 Å². The quantitative estimate of drug-likeness (QED) is 0.566. The molecule has 1 aromatic heterocycles. The van der Waals surface area contributed by atoms with Gasteiger partial charge in [-0.3, -0.25) is 0 Å². The molecule has 0 fully saturated rings. The molecule has 2 rings (SSSR count). The molecule has 1 heterocycles. The summed E-state index contributed by atoms with van der Waals surface area (Å²) in [6.07, 6.45) is 3.54. The molecule has 0 atom stereocenters. The van der Waals surface area contributed by atoms with Gasteiger partial charge in [0.1, 0.15) is 5.56 Å². The lowest BCUT2D eigenvalue weighted by atomic mass is 10.2. The van der Waals surface area contributed by atoms with Gasteiger partial charge in [-0.1, -0.05) is 30.3 Å². The third-order valence-electron chi connectivity index (χ3n) is 3.39. The normalized spacial score (nSPS) is 10.5. The minimum Gasteiger partial charge on any atom is -0.462 e. The van der Waals surface area contributed by atoms with Gasteiger partial charge in [-0.15, -0.1) is 11.8 Å². The topological polar surface area (TPSA) is 57.5 Å². The summed E-state index contributed by atoms with van der Waals surface area (Å²) in [5.74, 6) is -1.01. The first-order chi connectivity index (χ1) is 11.6. The van der Waals surface area contributed by atoms with Gasteiger partial charge in [0, 0.05) is 12.7 Å². The average Bonchev–Trinajstić information content (AvgIpc) is 2.94. The summed E-state index contributed by atoms with van der Waals surface area (Å²) in [7, 11) is 0. The van der Waals surface area contributed by atoms with Gasteiger partial charge in [-0.2, -0.15) is 0 Å². The fraction of sp³-hybridized carbons (Fsp3) is 0.333. The van der Waals surface area contributed by atoms with Crippen LogP contribution in [0, 0.1) is 0 Å². The number of aromatic nitrogens is 1. The number of thioether (sulfide) groups is 1. The lowest BCUT2D eigenvalue weighted by Gasteiger charge is -2.09. The van der Waals surface area contributed by atoms with Crippen molar-refractivity contribution in [1.29, 1.82) is 0 Å². The van der Waals surface area contributed by atoms with Crippen molar-refractivity contribution < 1.29 is 19.1 Å². The van der Waals surface area contributed by atoms with Gasteiger partial charge in [-0.05, 0) is 25.7 Å². The van der Waals surface area contributed by atoms with Crippen molar-refractivity contribution in [2.75, 3.05) is 19.5 Å². The van der Waals surface area contributed by atoms with Crippen molar-refractivity contribution in [2.24, 2.45) is 0 Å². The second kappa shape index (κ2) is 8.59. The minimum atomic E-state index is -0.511. The number of benzene rings is 1. The van der Waals surface area contributed by atoms with Crippen molar-refractivity contribution in [3.05, 3.63) is 53.2 Å². The van der Waals surface area contributed by atoms with E-state index in [1.807, 2.05) is 41.2 Å². The van der Waals surface area contributed by atoms with Gasteiger partial charge in [0.25, 0.3) is 0 Å². The summed E-state index contributed by atoms with van der Waals surface area (Å²) in [5, 5.41) is 0.695. The Morgan fingerprint density at radius 3 is 2.25 bits per heavy atom. The highest BCUT2D eigenvalue weighted by molar-refractivity contribution is 7.98. The number of nitrogens with zero attached hydrogens (tertiary/aromatic N) is 1. The maximum atomic E-state index is 12.4. The Morgan fingerprint density at radius 1 is 1.04 bits per heavy atom. The molecular weight excluding hydrogens is 326 g/mol. The van der Waals surface area contributed by atoms with Gasteiger partial charge in [-0.25, -0.2) is 9.59 Å². The zero-order valence-corrected chi connectivity index (χ0v) is 14.9. The number of hydrogen-bond donors (Lipinski definition) is 0. The first-order valence-electron chi connectivity index (χ1n) is 7.77. The summed E-state index contributed by atoms with van der Waals surface area (Å²) in [6.45, 7) is 4.53. The zero-order valence-electron chi connectivity index (χ0n) is 14.1. The maximum Gasteiger partial charge on any atom is 0.341 e. The van der Waals surface area contributed by atoms with E-state index in [-0.39, 0.29) is 24.3 Å². The molecule has 0 N–H and O–H groups in total. The van der Waals surface area contributed by atoms with Crippen LogP contribution in [-0.4, -0.2) is 36.0 Å². The zero-order chi connectivity index (χ0) is 17.5. The van der Waals surface area contributed by atoms with Crippen molar-refractivity contribution >= 4 is 23.7 Å². The smallest absolute Gasteiger partial charge is 0.341 e. The van der Waals surface area contributed by atoms with Crippen LogP contribution < -0.4 is 0 Å². The molecule has 128 valence electrons. The first kappa shape index (κ1) is 18.1. The van der Waals surface area contributed by atoms with Crippen molar-refractivity contribution in [1.82, 2.24) is 4.57 Å². The first-order valence-corrected chi connectivity index (χ1v) is 9.00. The van der Waals surface area contributed by atoms with Crippen LogP contribution in [0.3, 0.4) is 0 Å².